The molecule has 196 valence electrons. The quantitative estimate of drug-likeness (QED) is 0.217. The monoisotopic (exact) mass is 519 g/mol. The van der Waals surface area contributed by atoms with Crippen molar-refractivity contribution in [1.29, 1.82) is 0 Å². The number of halogens is 3. The number of fused-ring (bicyclic) bond motifs is 3. The summed E-state index contributed by atoms with van der Waals surface area (Å²) in [5.74, 6) is 0.333. The Labute approximate surface area is 218 Å². The van der Waals surface area contributed by atoms with Gasteiger partial charge in [-0.25, -0.2) is 4.89 Å². The van der Waals surface area contributed by atoms with Crippen LogP contribution in [0.4, 0.5) is 18.9 Å². The molecule has 0 amide bonds. The zero-order chi connectivity index (χ0) is 26.3. The number of allylic oxidation sites excluding steroid dienone is 1. The third-order valence-electron chi connectivity index (χ3n) is 7.81. The van der Waals surface area contributed by atoms with Gasteiger partial charge < -0.3 is 10.1 Å². The maximum absolute atomic E-state index is 12.8. The van der Waals surface area contributed by atoms with Crippen LogP contribution in [0.2, 0.25) is 0 Å². The van der Waals surface area contributed by atoms with Crippen molar-refractivity contribution in [3.8, 4) is 0 Å². The van der Waals surface area contributed by atoms with Crippen LogP contribution in [0.1, 0.15) is 36.8 Å². The summed E-state index contributed by atoms with van der Waals surface area (Å²) in [6.45, 7) is 4.81. The standard InChI is InChI=1S/C31H28F3NO3/c1-20(24-9-8-23-7-6-22-4-2-3-5-27(22)28(23)18-24)21-14-16-30(17-15-21)19-36-29(37-38-30)35-26-12-10-25(11-13-26)31(32,33)34/h2-13,18,21,29,35H,1,14-17,19H2. The van der Waals surface area contributed by atoms with Crippen LogP contribution < -0.4 is 5.32 Å². The van der Waals surface area contributed by atoms with E-state index in [4.69, 9.17) is 14.5 Å². The zero-order valence-corrected chi connectivity index (χ0v) is 20.8. The zero-order valence-electron chi connectivity index (χ0n) is 20.8. The van der Waals surface area contributed by atoms with Gasteiger partial charge in [-0.05, 0) is 94.6 Å². The summed E-state index contributed by atoms with van der Waals surface area (Å²) in [7, 11) is 0. The van der Waals surface area contributed by atoms with Gasteiger partial charge in [-0.3, -0.25) is 0 Å². The van der Waals surface area contributed by atoms with E-state index in [0.29, 0.717) is 18.2 Å². The molecule has 4 nitrogen and oxygen atoms in total. The molecular weight excluding hydrogens is 491 g/mol. The molecule has 0 bridgehead atoms. The Kier molecular flexibility index (Phi) is 6.38. The van der Waals surface area contributed by atoms with Crippen LogP contribution in [0.15, 0.2) is 85.4 Å². The average Bonchev–Trinajstić information content (AvgIpc) is 2.94. The van der Waals surface area contributed by atoms with Crippen LogP contribution in [0.25, 0.3) is 27.1 Å². The van der Waals surface area contributed by atoms with Gasteiger partial charge in [0, 0.05) is 5.69 Å². The molecular formula is C31H28F3NO3. The summed E-state index contributed by atoms with van der Waals surface area (Å²) in [5.41, 5.74) is 1.50. The first-order valence-corrected chi connectivity index (χ1v) is 12.8. The van der Waals surface area contributed by atoms with E-state index in [-0.39, 0.29) is 0 Å². The second kappa shape index (κ2) is 9.73. The van der Waals surface area contributed by atoms with E-state index in [2.05, 4.69) is 66.5 Å². The molecule has 1 saturated carbocycles. The van der Waals surface area contributed by atoms with Gasteiger partial charge in [0.05, 0.1) is 12.2 Å². The molecule has 2 aliphatic rings. The minimum Gasteiger partial charge on any atom is -0.335 e. The van der Waals surface area contributed by atoms with Crippen molar-refractivity contribution < 1.29 is 27.7 Å². The Hall–Kier alpha value is -3.39. The molecule has 0 aromatic heterocycles. The van der Waals surface area contributed by atoms with Crippen molar-refractivity contribution in [3.05, 3.63) is 96.6 Å². The molecule has 7 heteroatoms. The fraction of sp³-hybridized carbons (Fsp3) is 0.290. The Bertz CT molecular complexity index is 1460. The van der Waals surface area contributed by atoms with E-state index in [1.54, 1.807) is 0 Å². The largest absolute Gasteiger partial charge is 0.416 e. The first kappa shape index (κ1) is 24.9. The minimum atomic E-state index is -4.38. The molecule has 4 aromatic carbocycles. The lowest BCUT2D eigenvalue weighted by molar-refractivity contribution is -0.468. The lowest BCUT2D eigenvalue weighted by Gasteiger charge is -2.43. The van der Waals surface area contributed by atoms with Crippen LogP contribution >= 0.6 is 0 Å². The molecule has 1 heterocycles. The van der Waals surface area contributed by atoms with E-state index >= 15 is 0 Å². The van der Waals surface area contributed by atoms with Gasteiger partial charge in [-0.15, -0.1) is 0 Å². The summed E-state index contributed by atoms with van der Waals surface area (Å²) >= 11 is 0. The van der Waals surface area contributed by atoms with E-state index in [9.17, 15) is 13.2 Å². The smallest absolute Gasteiger partial charge is 0.335 e. The minimum absolute atomic E-state index is 0.333. The SMILES string of the molecule is C=C(c1ccc2ccc3ccccc3c2c1)C1CCC2(CC1)COC(Nc1ccc(C(F)(F)F)cc1)OO2. The number of rotatable bonds is 4. The molecule has 4 aromatic rings. The molecule has 1 unspecified atom stereocenters. The Morgan fingerprint density at radius 2 is 1.55 bits per heavy atom. The Balaban J connectivity index is 1.06. The number of benzene rings is 4. The van der Waals surface area contributed by atoms with Crippen molar-refractivity contribution in [2.45, 2.75) is 43.9 Å². The predicted octanol–water partition coefficient (Wildman–Crippen LogP) is 8.33. The molecule has 1 N–H and O–H groups in total. The molecule has 1 aliphatic heterocycles. The summed E-state index contributed by atoms with van der Waals surface area (Å²) in [5, 5.41) is 7.82. The van der Waals surface area contributed by atoms with Crippen molar-refractivity contribution >= 4 is 32.8 Å². The normalized spacial score (nSPS) is 24.1. The maximum atomic E-state index is 12.8. The summed E-state index contributed by atoms with van der Waals surface area (Å²) in [6.07, 6.45) is -1.94. The van der Waals surface area contributed by atoms with Crippen LogP contribution in [0, 0.1) is 5.92 Å². The topological polar surface area (TPSA) is 39.7 Å². The van der Waals surface area contributed by atoms with Gasteiger partial charge in [0.2, 0.25) is 0 Å². The highest BCUT2D eigenvalue weighted by molar-refractivity contribution is 6.08. The van der Waals surface area contributed by atoms with Gasteiger partial charge in [0.1, 0.15) is 5.60 Å². The summed E-state index contributed by atoms with van der Waals surface area (Å²) < 4.78 is 44.2. The maximum Gasteiger partial charge on any atom is 0.416 e. The van der Waals surface area contributed by atoms with E-state index in [1.165, 1.54) is 33.7 Å². The molecule has 0 radical (unpaired) electrons. The van der Waals surface area contributed by atoms with Crippen LogP contribution in [-0.4, -0.2) is 18.6 Å². The molecule has 1 saturated heterocycles. The summed E-state index contributed by atoms with van der Waals surface area (Å²) in [4.78, 5) is 11.3. The number of nitrogens with one attached hydrogen (secondary N) is 1. The van der Waals surface area contributed by atoms with Crippen molar-refractivity contribution in [2.24, 2.45) is 5.92 Å². The van der Waals surface area contributed by atoms with Gasteiger partial charge in [-0.2, -0.15) is 18.1 Å². The third kappa shape index (κ3) is 4.89. The molecule has 1 aliphatic carbocycles. The fourth-order valence-corrected chi connectivity index (χ4v) is 5.54. The number of alkyl halides is 3. The van der Waals surface area contributed by atoms with Crippen LogP contribution in [0.5, 0.6) is 0 Å². The fourth-order valence-electron chi connectivity index (χ4n) is 5.54. The Morgan fingerprint density at radius 1 is 0.868 bits per heavy atom. The molecule has 6 rings (SSSR count). The molecule has 1 atom stereocenters. The average molecular weight is 520 g/mol. The second-order valence-corrected chi connectivity index (χ2v) is 10.2. The summed E-state index contributed by atoms with van der Waals surface area (Å²) in [6, 6.07) is 24.0. The molecule has 2 fully saturated rings. The van der Waals surface area contributed by atoms with Crippen molar-refractivity contribution in [1.82, 2.24) is 0 Å². The van der Waals surface area contributed by atoms with E-state index in [1.807, 2.05) is 0 Å². The van der Waals surface area contributed by atoms with Gasteiger partial charge in [-0.1, -0.05) is 55.1 Å². The lowest BCUT2D eigenvalue weighted by Crippen LogP contribution is -2.49. The first-order chi connectivity index (χ1) is 18.3. The first-order valence-electron chi connectivity index (χ1n) is 12.8. The van der Waals surface area contributed by atoms with E-state index in [0.717, 1.165) is 49.0 Å². The number of ether oxygens (including phenoxy) is 1. The Morgan fingerprint density at radius 3 is 2.24 bits per heavy atom. The third-order valence-corrected chi connectivity index (χ3v) is 7.81. The van der Waals surface area contributed by atoms with Gasteiger partial charge >= 0.3 is 6.18 Å². The van der Waals surface area contributed by atoms with Gasteiger partial charge in [0.15, 0.2) is 0 Å². The number of hydrogen-bond acceptors (Lipinski definition) is 4. The van der Waals surface area contributed by atoms with Gasteiger partial charge in [0.25, 0.3) is 6.41 Å². The number of hydrogen-bond donors (Lipinski definition) is 1. The molecule has 1 spiro atoms. The predicted molar refractivity (Wildman–Crippen MR) is 142 cm³/mol. The van der Waals surface area contributed by atoms with Crippen molar-refractivity contribution in [2.75, 3.05) is 11.9 Å². The highest BCUT2D eigenvalue weighted by atomic mass is 19.4. The number of anilines is 1. The van der Waals surface area contributed by atoms with Crippen LogP contribution in [-0.2, 0) is 20.7 Å². The highest BCUT2D eigenvalue weighted by Crippen LogP contribution is 2.43. The second-order valence-electron chi connectivity index (χ2n) is 10.2. The van der Waals surface area contributed by atoms with Crippen LogP contribution in [0.3, 0.4) is 0 Å². The lowest BCUT2D eigenvalue weighted by atomic mass is 9.75. The highest BCUT2D eigenvalue weighted by Gasteiger charge is 2.43. The van der Waals surface area contributed by atoms with E-state index < -0.39 is 23.8 Å². The molecule has 38 heavy (non-hydrogen) atoms. The van der Waals surface area contributed by atoms with Crippen molar-refractivity contribution in [3.63, 3.8) is 0 Å².